The number of nitrogens with one attached hydrogen (secondary N) is 2. The molecule has 2 fully saturated rings. The van der Waals surface area contributed by atoms with Crippen LogP contribution in [0.5, 0.6) is 0 Å². The zero-order valence-corrected chi connectivity index (χ0v) is 10.6. The van der Waals surface area contributed by atoms with E-state index in [2.05, 4.69) is 10.6 Å². The predicted molar refractivity (Wildman–Crippen MR) is 63.9 cm³/mol. The molecule has 3 atom stereocenters. The number of carbonyl (C=O) groups excluding carboxylic acids is 2. The molecule has 2 aliphatic heterocycles. The van der Waals surface area contributed by atoms with Gasteiger partial charge in [0.2, 0.25) is 11.8 Å². The second-order valence-corrected chi connectivity index (χ2v) is 4.79. The summed E-state index contributed by atoms with van der Waals surface area (Å²) in [6.45, 7) is 4.25. The molecule has 0 spiro atoms. The summed E-state index contributed by atoms with van der Waals surface area (Å²) < 4.78 is 10.9. The topological polar surface area (TPSA) is 76.7 Å². The number of hydrogen-bond acceptors (Lipinski definition) is 4. The summed E-state index contributed by atoms with van der Waals surface area (Å²) in [7, 11) is 0. The van der Waals surface area contributed by atoms with Gasteiger partial charge in [0, 0.05) is 13.1 Å². The molecule has 2 amide bonds. The number of rotatable bonds is 4. The first kappa shape index (κ1) is 13.3. The average Bonchev–Trinajstić information content (AvgIpc) is 2.38. The summed E-state index contributed by atoms with van der Waals surface area (Å²) in [6, 6.07) is 0. The molecular weight excluding hydrogens is 236 g/mol. The Bertz CT molecular complexity index is 321. The Morgan fingerprint density at radius 1 is 1.17 bits per heavy atom. The molecule has 0 radical (unpaired) electrons. The van der Waals surface area contributed by atoms with Crippen molar-refractivity contribution in [3.63, 3.8) is 0 Å². The molecule has 0 aliphatic carbocycles. The Hall–Kier alpha value is -1.14. The molecule has 2 aliphatic rings. The lowest BCUT2D eigenvalue weighted by molar-refractivity contribution is -0.142. The third kappa shape index (κ3) is 3.20. The Labute approximate surface area is 106 Å². The number of hydrogen-bond donors (Lipinski definition) is 2. The van der Waals surface area contributed by atoms with Crippen molar-refractivity contribution >= 4 is 11.8 Å². The van der Waals surface area contributed by atoms with Crippen molar-refractivity contribution in [2.45, 2.75) is 32.0 Å². The first-order valence-electron chi connectivity index (χ1n) is 6.47. The maximum Gasteiger partial charge on any atom is 0.249 e. The van der Waals surface area contributed by atoms with E-state index in [9.17, 15) is 9.59 Å². The molecule has 0 aromatic carbocycles. The van der Waals surface area contributed by atoms with Crippen LogP contribution >= 0.6 is 0 Å². The van der Waals surface area contributed by atoms with Crippen LogP contribution in [0.15, 0.2) is 0 Å². The Balaban J connectivity index is 1.78. The van der Waals surface area contributed by atoms with Gasteiger partial charge in [-0.05, 0) is 18.8 Å². The van der Waals surface area contributed by atoms with E-state index in [1.807, 2.05) is 6.92 Å². The highest BCUT2D eigenvalue weighted by Gasteiger charge is 2.30. The zero-order valence-electron chi connectivity index (χ0n) is 10.6. The van der Waals surface area contributed by atoms with Crippen LogP contribution in [-0.4, -0.2) is 50.3 Å². The first-order valence-corrected chi connectivity index (χ1v) is 6.47. The second-order valence-electron chi connectivity index (χ2n) is 4.79. The van der Waals surface area contributed by atoms with E-state index < -0.39 is 6.10 Å². The van der Waals surface area contributed by atoms with Crippen molar-refractivity contribution in [2.24, 2.45) is 5.92 Å². The molecule has 102 valence electrons. The van der Waals surface area contributed by atoms with Crippen molar-refractivity contribution in [3.8, 4) is 0 Å². The molecule has 2 N–H and O–H groups in total. The smallest absolute Gasteiger partial charge is 0.249 e. The van der Waals surface area contributed by atoms with E-state index in [-0.39, 0.29) is 23.8 Å². The highest BCUT2D eigenvalue weighted by molar-refractivity contribution is 5.82. The quantitative estimate of drug-likeness (QED) is 0.706. The van der Waals surface area contributed by atoms with Gasteiger partial charge in [0.15, 0.2) is 0 Å². The molecule has 2 heterocycles. The van der Waals surface area contributed by atoms with E-state index in [0.29, 0.717) is 32.7 Å². The fraction of sp³-hybridized carbons (Fsp3) is 0.833. The molecule has 6 heteroatoms. The third-order valence-electron chi connectivity index (χ3n) is 3.37. The van der Waals surface area contributed by atoms with E-state index in [1.54, 1.807) is 0 Å². The van der Waals surface area contributed by atoms with Gasteiger partial charge in [0.1, 0.15) is 12.2 Å². The summed E-state index contributed by atoms with van der Waals surface area (Å²) in [4.78, 5) is 23.1. The van der Waals surface area contributed by atoms with Gasteiger partial charge in [-0.15, -0.1) is 0 Å². The highest BCUT2D eigenvalue weighted by Crippen LogP contribution is 2.19. The molecule has 6 nitrogen and oxygen atoms in total. The molecule has 0 bridgehead atoms. The van der Waals surface area contributed by atoms with Crippen LogP contribution < -0.4 is 10.6 Å². The number of amides is 2. The van der Waals surface area contributed by atoms with E-state index in [4.69, 9.17) is 9.47 Å². The molecule has 2 rings (SSSR count). The van der Waals surface area contributed by atoms with Crippen molar-refractivity contribution < 1.29 is 19.1 Å². The minimum absolute atomic E-state index is 0.0530. The monoisotopic (exact) mass is 256 g/mol. The Morgan fingerprint density at radius 3 is 2.50 bits per heavy atom. The van der Waals surface area contributed by atoms with Gasteiger partial charge < -0.3 is 20.1 Å². The Kier molecular flexibility index (Phi) is 4.54. The molecule has 0 saturated carbocycles. The minimum Gasteiger partial charge on any atom is -0.367 e. The predicted octanol–water partition coefficient (Wildman–Crippen LogP) is -0.567. The molecule has 3 unspecified atom stereocenters. The van der Waals surface area contributed by atoms with Crippen molar-refractivity contribution in [1.82, 2.24) is 10.6 Å². The van der Waals surface area contributed by atoms with Crippen LogP contribution in [0.1, 0.15) is 19.8 Å². The summed E-state index contributed by atoms with van der Waals surface area (Å²) in [5, 5.41) is 5.55. The van der Waals surface area contributed by atoms with Gasteiger partial charge in [-0.2, -0.15) is 0 Å². The largest absolute Gasteiger partial charge is 0.367 e. The van der Waals surface area contributed by atoms with Crippen LogP contribution in [0.3, 0.4) is 0 Å². The van der Waals surface area contributed by atoms with Gasteiger partial charge in [-0.3, -0.25) is 9.59 Å². The SMILES string of the molecule is CC(CCC1OCCNC1=O)C1OCCNC1=O. The summed E-state index contributed by atoms with van der Waals surface area (Å²) >= 11 is 0. The van der Waals surface area contributed by atoms with Crippen LogP contribution in [-0.2, 0) is 19.1 Å². The van der Waals surface area contributed by atoms with Crippen LogP contribution in [0, 0.1) is 5.92 Å². The maximum atomic E-state index is 11.6. The number of ether oxygens (including phenoxy) is 2. The fourth-order valence-corrected chi connectivity index (χ4v) is 2.30. The zero-order chi connectivity index (χ0) is 13.0. The van der Waals surface area contributed by atoms with Crippen LogP contribution in [0.4, 0.5) is 0 Å². The van der Waals surface area contributed by atoms with Crippen LogP contribution in [0.2, 0.25) is 0 Å². The molecule has 0 aromatic rings. The van der Waals surface area contributed by atoms with Gasteiger partial charge in [0.25, 0.3) is 0 Å². The van der Waals surface area contributed by atoms with E-state index in [0.717, 1.165) is 6.42 Å². The minimum atomic E-state index is -0.398. The lowest BCUT2D eigenvalue weighted by Gasteiger charge is -2.29. The number of morpholine rings is 2. The van der Waals surface area contributed by atoms with Gasteiger partial charge >= 0.3 is 0 Å². The average molecular weight is 256 g/mol. The second kappa shape index (κ2) is 6.15. The molecule has 2 saturated heterocycles. The standard InChI is InChI=1S/C12H20N2O4/c1-8(10-12(16)14-5-7-18-10)2-3-9-11(15)13-4-6-17-9/h8-10H,2-7H2,1H3,(H,13,15)(H,14,16). The van der Waals surface area contributed by atoms with Crippen molar-refractivity contribution in [2.75, 3.05) is 26.3 Å². The van der Waals surface area contributed by atoms with E-state index in [1.165, 1.54) is 0 Å². The lowest BCUT2D eigenvalue weighted by Crippen LogP contribution is -2.48. The van der Waals surface area contributed by atoms with Crippen LogP contribution in [0.25, 0.3) is 0 Å². The summed E-state index contributed by atoms with van der Waals surface area (Å²) in [5.74, 6) is -0.0196. The van der Waals surface area contributed by atoms with Crippen molar-refractivity contribution in [3.05, 3.63) is 0 Å². The maximum absolute atomic E-state index is 11.6. The normalized spacial score (nSPS) is 30.5. The summed E-state index contributed by atoms with van der Waals surface area (Å²) in [6.07, 6.45) is 0.578. The fourth-order valence-electron chi connectivity index (χ4n) is 2.30. The summed E-state index contributed by atoms with van der Waals surface area (Å²) in [5.41, 5.74) is 0. The number of carbonyl (C=O) groups is 2. The lowest BCUT2D eigenvalue weighted by atomic mass is 9.95. The van der Waals surface area contributed by atoms with Crippen molar-refractivity contribution in [1.29, 1.82) is 0 Å². The Morgan fingerprint density at radius 2 is 1.83 bits per heavy atom. The van der Waals surface area contributed by atoms with Gasteiger partial charge in [0.05, 0.1) is 13.2 Å². The van der Waals surface area contributed by atoms with Gasteiger partial charge in [-0.25, -0.2) is 0 Å². The molecule has 0 aromatic heterocycles. The first-order chi connectivity index (χ1) is 8.68. The van der Waals surface area contributed by atoms with E-state index >= 15 is 0 Å². The third-order valence-corrected chi connectivity index (χ3v) is 3.37. The molecular formula is C12H20N2O4. The van der Waals surface area contributed by atoms with Gasteiger partial charge in [-0.1, -0.05) is 6.92 Å². The highest BCUT2D eigenvalue weighted by atomic mass is 16.5. The molecule has 18 heavy (non-hydrogen) atoms.